The predicted octanol–water partition coefficient (Wildman–Crippen LogP) is 2.98. The number of fused-ring (bicyclic) bond motifs is 1. The quantitative estimate of drug-likeness (QED) is 0.865. The van der Waals surface area contributed by atoms with Crippen molar-refractivity contribution in [1.29, 1.82) is 5.41 Å². The molecule has 0 aromatic heterocycles. The highest BCUT2D eigenvalue weighted by Gasteiger charge is 2.34. The van der Waals surface area contributed by atoms with Gasteiger partial charge < -0.3 is 9.74 Å². The zero-order valence-corrected chi connectivity index (χ0v) is 14.0. The second-order valence-corrected chi connectivity index (χ2v) is 5.59. The number of benzene rings is 1. The third-order valence-electron chi connectivity index (χ3n) is 4.01. The molecule has 124 valence electrons. The van der Waals surface area contributed by atoms with Crippen LogP contribution in [0, 0.1) is 5.41 Å². The summed E-state index contributed by atoms with van der Waals surface area (Å²) in [5.74, 6) is 0.548. The number of amidine groups is 2. The number of amides is 1. The molecular formula is C18H20N4O2. The molecule has 2 aliphatic rings. The van der Waals surface area contributed by atoms with E-state index in [0.717, 1.165) is 24.3 Å². The zero-order valence-electron chi connectivity index (χ0n) is 14.0. The first-order chi connectivity index (χ1) is 11.5. The number of rotatable bonds is 4. The van der Waals surface area contributed by atoms with Crippen LogP contribution in [0.25, 0.3) is 6.08 Å². The van der Waals surface area contributed by atoms with E-state index in [1.165, 1.54) is 5.06 Å². The standard InChI is InChI=1S/C18H20N4O2/c1-4-21(5-2)14-8-6-13(7-9-14)11-15-17(19)22-16(20-18(15)23)10-12(3)24-22/h6-11,19H,4-5H2,1-3H3/b15-11-,19-17?. The summed E-state index contributed by atoms with van der Waals surface area (Å²) in [5.41, 5.74) is 2.20. The van der Waals surface area contributed by atoms with E-state index in [4.69, 9.17) is 10.2 Å². The van der Waals surface area contributed by atoms with Crippen LogP contribution in [-0.2, 0) is 9.63 Å². The Hall–Kier alpha value is -2.89. The molecule has 0 atom stereocenters. The van der Waals surface area contributed by atoms with Gasteiger partial charge in [0.1, 0.15) is 5.76 Å². The molecule has 0 fully saturated rings. The van der Waals surface area contributed by atoms with Gasteiger partial charge in [-0.1, -0.05) is 12.1 Å². The van der Waals surface area contributed by atoms with E-state index in [9.17, 15) is 4.79 Å². The highest BCUT2D eigenvalue weighted by atomic mass is 16.7. The Morgan fingerprint density at radius 1 is 1.25 bits per heavy atom. The molecule has 0 aliphatic carbocycles. The molecule has 2 aliphatic heterocycles. The van der Waals surface area contributed by atoms with Crippen LogP contribution in [0.4, 0.5) is 5.69 Å². The number of anilines is 1. The molecule has 24 heavy (non-hydrogen) atoms. The average Bonchev–Trinajstić information content (AvgIpc) is 2.94. The molecule has 0 radical (unpaired) electrons. The van der Waals surface area contributed by atoms with Crippen LogP contribution in [0.1, 0.15) is 26.3 Å². The highest BCUT2D eigenvalue weighted by molar-refractivity contribution is 6.32. The lowest BCUT2D eigenvalue weighted by atomic mass is 10.1. The number of hydroxylamine groups is 2. The number of hydrogen-bond acceptors (Lipinski definition) is 4. The number of carbonyl (C=O) groups is 1. The maximum absolute atomic E-state index is 12.2. The molecule has 1 aromatic carbocycles. The van der Waals surface area contributed by atoms with Crippen molar-refractivity contribution in [1.82, 2.24) is 5.06 Å². The van der Waals surface area contributed by atoms with Gasteiger partial charge in [-0.2, -0.15) is 4.99 Å². The number of hydrogen-bond donors (Lipinski definition) is 1. The molecular weight excluding hydrogens is 304 g/mol. The van der Waals surface area contributed by atoms with Gasteiger partial charge in [0.05, 0.1) is 5.57 Å². The fraction of sp³-hybridized carbons (Fsp3) is 0.278. The molecule has 0 unspecified atom stereocenters. The Morgan fingerprint density at radius 3 is 2.54 bits per heavy atom. The monoisotopic (exact) mass is 324 g/mol. The van der Waals surface area contributed by atoms with Crippen molar-refractivity contribution in [2.75, 3.05) is 18.0 Å². The smallest absolute Gasteiger partial charge is 0.282 e. The van der Waals surface area contributed by atoms with Crippen molar-refractivity contribution < 1.29 is 9.63 Å². The van der Waals surface area contributed by atoms with Gasteiger partial charge in [-0.15, -0.1) is 5.06 Å². The van der Waals surface area contributed by atoms with Gasteiger partial charge in [-0.3, -0.25) is 10.2 Å². The van der Waals surface area contributed by atoms with Crippen LogP contribution in [0.5, 0.6) is 0 Å². The van der Waals surface area contributed by atoms with E-state index in [0.29, 0.717) is 11.6 Å². The van der Waals surface area contributed by atoms with Crippen molar-refractivity contribution >= 4 is 29.3 Å². The van der Waals surface area contributed by atoms with Crippen LogP contribution >= 0.6 is 0 Å². The topological polar surface area (TPSA) is 69.0 Å². The van der Waals surface area contributed by atoms with Crippen molar-refractivity contribution in [3.63, 3.8) is 0 Å². The summed E-state index contributed by atoms with van der Waals surface area (Å²) >= 11 is 0. The minimum Gasteiger partial charge on any atom is -0.376 e. The van der Waals surface area contributed by atoms with E-state index in [1.54, 1.807) is 19.1 Å². The normalized spacial score (nSPS) is 18.3. The largest absolute Gasteiger partial charge is 0.376 e. The second kappa shape index (κ2) is 6.31. The second-order valence-electron chi connectivity index (χ2n) is 5.59. The summed E-state index contributed by atoms with van der Waals surface area (Å²) in [6, 6.07) is 7.91. The number of nitrogens with zero attached hydrogens (tertiary/aromatic N) is 3. The number of carbonyl (C=O) groups excluding carboxylic acids is 1. The number of aliphatic imine (C=N–C) groups is 1. The SMILES string of the molecule is CCN(CC)c1ccc(/C=C2/C(=N)N3OC(C)=CC3=NC2=O)cc1. The number of nitrogens with one attached hydrogen (secondary N) is 1. The van der Waals surface area contributed by atoms with Crippen molar-refractivity contribution in [3.05, 3.63) is 47.2 Å². The van der Waals surface area contributed by atoms with Gasteiger partial charge in [0, 0.05) is 24.9 Å². The van der Waals surface area contributed by atoms with Crippen molar-refractivity contribution in [3.8, 4) is 0 Å². The fourth-order valence-electron chi connectivity index (χ4n) is 2.74. The first kappa shape index (κ1) is 16.0. The maximum atomic E-state index is 12.2. The lowest BCUT2D eigenvalue weighted by Gasteiger charge is -2.23. The Labute approximate surface area is 141 Å². The first-order valence-electron chi connectivity index (χ1n) is 7.98. The Morgan fingerprint density at radius 2 is 1.92 bits per heavy atom. The Kier molecular flexibility index (Phi) is 4.20. The molecule has 2 heterocycles. The fourth-order valence-corrected chi connectivity index (χ4v) is 2.74. The lowest BCUT2D eigenvalue weighted by molar-refractivity contribution is -0.114. The van der Waals surface area contributed by atoms with E-state index >= 15 is 0 Å². The molecule has 3 rings (SSSR count). The van der Waals surface area contributed by atoms with Gasteiger partial charge in [-0.05, 0) is 44.5 Å². The van der Waals surface area contributed by atoms with E-state index in [2.05, 4.69) is 23.7 Å². The summed E-state index contributed by atoms with van der Waals surface area (Å²) in [6.07, 6.45) is 3.32. The third-order valence-corrected chi connectivity index (χ3v) is 4.01. The summed E-state index contributed by atoms with van der Waals surface area (Å²) in [7, 11) is 0. The van der Waals surface area contributed by atoms with E-state index in [1.807, 2.05) is 24.3 Å². The van der Waals surface area contributed by atoms with Gasteiger partial charge >= 0.3 is 0 Å². The van der Waals surface area contributed by atoms with Gasteiger partial charge in [0.2, 0.25) is 0 Å². The molecule has 0 saturated heterocycles. The van der Waals surface area contributed by atoms with Gasteiger partial charge in [0.25, 0.3) is 5.91 Å². The van der Waals surface area contributed by atoms with Crippen LogP contribution in [0.15, 0.2) is 46.7 Å². The number of allylic oxidation sites excluding steroid dienone is 1. The summed E-state index contributed by atoms with van der Waals surface area (Å²) in [6.45, 7) is 7.87. The van der Waals surface area contributed by atoms with Crippen molar-refractivity contribution in [2.24, 2.45) is 4.99 Å². The highest BCUT2D eigenvalue weighted by Crippen LogP contribution is 2.24. The molecule has 1 N–H and O–H groups in total. The molecule has 0 bridgehead atoms. The van der Waals surface area contributed by atoms with Crippen LogP contribution in [-0.4, -0.2) is 35.7 Å². The lowest BCUT2D eigenvalue weighted by Crippen LogP contribution is -2.38. The Balaban J connectivity index is 1.87. The predicted molar refractivity (Wildman–Crippen MR) is 94.8 cm³/mol. The van der Waals surface area contributed by atoms with Crippen LogP contribution < -0.4 is 4.90 Å². The Bertz CT molecular complexity index is 771. The van der Waals surface area contributed by atoms with Crippen molar-refractivity contribution in [2.45, 2.75) is 20.8 Å². The summed E-state index contributed by atoms with van der Waals surface area (Å²) in [4.78, 5) is 23.8. The molecule has 0 saturated carbocycles. The molecule has 6 heteroatoms. The van der Waals surface area contributed by atoms with E-state index in [-0.39, 0.29) is 11.4 Å². The van der Waals surface area contributed by atoms with Gasteiger partial charge in [0.15, 0.2) is 11.7 Å². The summed E-state index contributed by atoms with van der Waals surface area (Å²) < 4.78 is 0. The van der Waals surface area contributed by atoms with Crippen LogP contribution in [0.2, 0.25) is 0 Å². The molecule has 1 aromatic rings. The minimum absolute atomic E-state index is 0.00548. The molecule has 1 amide bonds. The first-order valence-corrected chi connectivity index (χ1v) is 7.98. The zero-order chi connectivity index (χ0) is 17.3. The maximum Gasteiger partial charge on any atom is 0.282 e. The molecule has 6 nitrogen and oxygen atoms in total. The molecule has 0 spiro atoms. The van der Waals surface area contributed by atoms with Crippen LogP contribution in [0.3, 0.4) is 0 Å². The minimum atomic E-state index is -0.423. The third kappa shape index (κ3) is 2.82. The average molecular weight is 324 g/mol. The summed E-state index contributed by atoms with van der Waals surface area (Å²) in [5, 5.41) is 9.47. The van der Waals surface area contributed by atoms with E-state index < -0.39 is 5.91 Å². The van der Waals surface area contributed by atoms with Gasteiger partial charge in [-0.25, -0.2) is 0 Å².